The maximum atomic E-state index is 6.43. The van der Waals surface area contributed by atoms with Crippen molar-refractivity contribution in [1.82, 2.24) is 4.90 Å². The van der Waals surface area contributed by atoms with Gasteiger partial charge in [-0.25, -0.2) is 0 Å². The lowest BCUT2D eigenvalue weighted by atomic mass is 9.99. The van der Waals surface area contributed by atoms with Crippen LogP contribution in [0.25, 0.3) is 0 Å². The molecule has 1 aliphatic rings. The molecule has 2 rings (SSSR count). The Balaban J connectivity index is 2.17. The number of morpholine rings is 1. The van der Waals surface area contributed by atoms with Gasteiger partial charge in [-0.05, 0) is 32.0 Å². The number of nitrogens with zero attached hydrogens (tertiary/aromatic N) is 1. The maximum absolute atomic E-state index is 6.43. The van der Waals surface area contributed by atoms with Crippen LogP contribution in [0.3, 0.4) is 0 Å². The van der Waals surface area contributed by atoms with Gasteiger partial charge in [-0.15, -0.1) is 0 Å². The number of nitrogens with two attached hydrogens (primary N) is 1. The van der Waals surface area contributed by atoms with E-state index in [9.17, 15) is 0 Å². The van der Waals surface area contributed by atoms with Crippen LogP contribution in [0, 0.1) is 0 Å². The topological polar surface area (TPSA) is 57.0 Å². The Bertz CT molecular complexity index is 477. The first kappa shape index (κ1) is 16.1. The zero-order chi connectivity index (χ0) is 15.5. The van der Waals surface area contributed by atoms with Gasteiger partial charge < -0.3 is 19.9 Å². The average Bonchev–Trinajstić information content (AvgIpc) is 2.48. The molecule has 1 aromatic rings. The molecular formula is C16H26N2O3. The number of ether oxygens (including phenoxy) is 3. The molecule has 2 N–H and O–H groups in total. The number of rotatable bonds is 5. The molecule has 0 saturated carbocycles. The highest BCUT2D eigenvalue weighted by atomic mass is 16.5. The number of hydrogen-bond donors (Lipinski definition) is 1. The van der Waals surface area contributed by atoms with Crippen molar-refractivity contribution in [2.75, 3.05) is 40.5 Å². The van der Waals surface area contributed by atoms with E-state index in [-0.39, 0.29) is 11.6 Å². The van der Waals surface area contributed by atoms with Crippen LogP contribution in [0.4, 0.5) is 0 Å². The highest BCUT2D eigenvalue weighted by Crippen LogP contribution is 2.30. The molecule has 0 aliphatic carbocycles. The zero-order valence-corrected chi connectivity index (χ0v) is 13.4. The van der Waals surface area contributed by atoms with E-state index in [2.05, 4.69) is 18.7 Å². The molecule has 118 valence electrons. The van der Waals surface area contributed by atoms with Crippen LogP contribution >= 0.6 is 0 Å². The summed E-state index contributed by atoms with van der Waals surface area (Å²) in [5.41, 5.74) is 7.40. The molecule has 5 nitrogen and oxygen atoms in total. The molecule has 1 saturated heterocycles. The van der Waals surface area contributed by atoms with Crippen LogP contribution in [-0.2, 0) is 4.74 Å². The van der Waals surface area contributed by atoms with Gasteiger partial charge in [0.05, 0.1) is 27.4 Å². The summed E-state index contributed by atoms with van der Waals surface area (Å²) in [4.78, 5) is 2.38. The van der Waals surface area contributed by atoms with Crippen LogP contribution in [-0.4, -0.2) is 51.0 Å². The fourth-order valence-electron chi connectivity index (χ4n) is 2.69. The quantitative estimate of drug-likeness (QED) is 0.897. The van der Waals surface area contributed by atoms with Crippen molar-refractivity contribution in [3.05, 3.63) is 23.8 Å². The normalized spacial score (nSPS) is 20.0. The molecule has 1 heterocycles. The Morgan fingerprint density at radius 2 is 2.10 bits per heavy atom. The van der Waals surface area contributed by atoms with Gasteiger partial charge >= 0.3 is 0 Å². The first-order valence-corrected chi connectivity index (χ1v) is 7.28. The van der Waals surface area contributed by atoms with Crippen molar-refractivity contribution < 1.29 is 14.2 Å². The SMILES string of the molecule is COc1ccc(OC)c(C(N)CN2CCOCC2(C)C)c1. The summed E-state index contributed by atoms with van der Waals surface area (Å²) in [6.45, 7) is 7.51. The van der Waals surface area contributed by atoms with Crippen molar-refractivity contribution in [2.24, 2.45) is 5.73 Å². The standard InChI is InChI=1S/C16H26N2O3/c1-16(2)11-21-8-7-18(16)10-14(17)13-9-12(19-3)5-6-15(13)20-4/h5-6,9,14H,7-8,10-11,17H2,1-4H3. The summed E-state index contributed by atoms with van der Waals surface area (Å²) in [5, 5.41) is 0. The minimum Gasteiger partial charge on any atom is -0.497 e. The van der Waals surface area contributed by atoms with Crippen molar-refractivity contribution in [2.45, 2.75) is 25.4 Å². The van der Waals surface area contributed by atoms with E-state index in [0.29, 0.717) is 0 Å². The van der Waals surface area contributed by atoms with Crippen LogP contribution in [0.2, 0.25) is 0 Å². The van der Waals surface area contributed by atoms with E-state index in [1.54, 1.807) is 14.2 Å². The monoisotopic (exact) mass is 294 g/mol. The van der Waals surface area contributed by atoms with Gasteiger partial charge in [0, 0.05) is 30.2 Å². The molecule has 1 unspecified atom stereocenters. The van der Waals surface area contributed by atoms with Gasteiger partial charge in [-0.2, -0.15) is 0 Å². The van der Waals surface area contributed by atoms with Crippen LogP contribution in [0.1, 0.15) is 25.5 Å². The van der Waals surface area contributed by atoms with E-state index in [1.807, 2.05) is 18.2 Å². The third kappa shape index (κ3) is 3.67. The van der Waals surface area contributed by atoms with E-state index < -0.39 is 0 Å². The van der Waals surface area contributed by atoms with Crippen molar-refractivity contribution in [3.8, 4) is 11.5 Å². The van der Waals surface area contributed by atoms with E-state index in [1.165, 1.54) is 0 Å². The fraction of sp³-hybridized carbons (Fsp3) is 0.625. The van der Waals surface area contributed by atoms with Crippen molar-refractivity contribution >= 4 is 0 Å². The second-order valence-electron chi connectivity index (χ2n) is 6.03. The predicted molar refractivity (Wildman–Crippen MR) is 82.9 cm³/mol. The lowest BCUT2D eigenvalue weighted by Crippen LogP contribution is -2.54. The first-order chi connectivity index (χ1) is 9.97. The Kier molecular flexibility index (Phi) is 5.08. The van der Waals surface area contributed by atoms with E-state index >= 15 is 0 Å². The maximum Gasteiger partial charge on any atom is 0.123 e. The Labute approximate surface area is 127 Å². The summed E-state index contributed by atoms with van der Waals surface area (Å²) < 4.78 is 16.3. The third-order valence-electron chi connectivity index (χ3n) is 4.07. The second kappa shape index (κ2) is 6.64. The van der Waals surface area contributed by atoms with E-state index in [0.717, 1.165) is 43.4 Å². The van der Waals surface area contributed by atoms with Crippen LogP contribution < -0.4 is 15.2 Å². The number of methoxy groups -OCH3 is 2. The molecule has 0 spiro atoms. The smallest absolute Gasteiger partial charge is 0.123 e. The largest absolute Gasteiger partial charge is 0.497 e. The minimum absolute atomic E-state index is 0.00196. The molecule has 1 fully saturated rings. The predicted octanol–water partition coefficient (Wildman–Crippen LogP) is 1.81. The molecule has 0 amide bonds. The minimum atomic E-state index is -0.132. The molecule has 0 bridgehead atoms. The number of hydrogen-bond acceptors (Lipinski definition) is 5. The molecule has 1 atom stereocenters. The highest BCUT2D eigenvalue weighted by Gasteiger charge is 2.32. The lowest BCUT2D eigenvalue weighted by molar-refractivity contribution is -0.0532. The Morgan fingerprint density at radius 1 is 1.33 bits per heavy atom. The summed E-state index contributed by atoms with van der Waals surface area (Å²) >= 11 is 0. The van der Waals surface area contributed by atoms with Crippen molar-refractivity contribution in [3.63, 3.8) is 0 Å². The highest BCUT2D eigenvalue weighted by molar-refractivity contribution is 5.42. The molecular weight excluding hydrogens is 268 g/mol. The Hall–Kier alpha value is -1.30. The summed E-state index contributed by atoms with van der Waals surface area (Å²) in [5.74, 6) is 1.59. The molecule has 5 heteroatoms. The molecule has 0 aromatic heterocycles. The first-order valence-electron chi connectivity index (χ1n) is 7.28. The van der Waals surface area contributed by atoms with Crippen LogP contribution in [0.5, 0.6) is 11.5 Å². The van der Waals surface area contributed by atoms with Gasteiger partial charge in [-0.3, -0.25) is 4.90 Å². The van der Waals surface area contributed by atoms with Crippen LogP contribution in [0.15, 0.2) is 18.2 Å². The summed E-state index contributed by atoms with van der Waals surface area (Å²) in [7, 11) is 3.32. The van der Waals surface area contributed by atoms with E-state index in [4.69, 9.17) is 19.9 Å². The third-order valence-corrected chi connectivity index (χ3v) is 4.07. The average molecular weight is 294 g/mol. The second-order valence-corrected chi connectivity index (χ2v) is 6.03. The van der Waals surface area contributed by atoms with Gasteiger partial charge in [0.25, 0.3) is 0 Å². The zero-order valence-electron chi connectivity index (χ0n) is 13.4. The lowest BCUT2D eigenvalue weighted by Gasteiger charge is -2.43. The fourth-order valence-corrected chi connectivity index (χ4v) is 2.69. The molecule has 1 aliphatic heterocycles. The van der Waals surface area contributed by atoms with Gasteiger partial charge in [0.2, 0.25) is 0 Å². The number of benzene rings is 1. The molecule has 1 aromatic carbocycles. The van der Waals surface area contributed by atoms with Crippen molar-refractivity contribution in [1.29, 1.82) is 0 Å². The van der Waals surface area contributed by atoms with Gasteiger partial charge in [-0.1, -0.05) is 0 Å². The summed E-state index contributed by atoms with van der Waals surface area (Å²) in [6, 6.07) is 5.61. The Morgan fingerprint density at radius 3 is 2.71 bits per heavy atom. The molecule has 0 radical (unpaired) electrons. The van der Waals surface area contributed by atoms with Gasteiger partial charge in [0.1, 0.15) is 11.5 Å². The molecule has 21 heavy (non-hydrogen) atoms. The van der Waals surface area contributed by atoms with Gasteiger partial charge in [0.15, 0.2) is 0 Å². The summed E-state index contributed by atoms with van der Waals surface area (Å²) in [6.07, 6.45) is 0.